The number of carbonyl (C=O) groups excluding carboxylic acids is 1. The zero-order valence-corrected chi connectivity index (χ0v) is 17.3. The average molecular weight is 418 g/mol. The number of aliphatic carboxylic acids is 1. The lowest BCUT2D eigenvalue weighted by atomic mass is 9.76. The van der Waals surface area contributed by atoms with Gasteiger partial charge < -0.3 is 15.2 Å². The minimum absolute atomic E-state index is 0.170. The fourth-order valence-electron chi connectivity index (χ4n) is 3.59. The second-order valence-electron chi connectivity index (χ2n) is 7.07. The van der Waals surface area contributed by atoms with Gasteiger partial charge >= 0.3 is 5.97 Å². The van der Waals surface area contributed by atoms with E-state index >= 15 is 0 Å². The lowest BCUT2D eigenvalue weighted by Gasteiger charge is -2.39. The number of benzene rings is 3. The molecule has 0 heterocycles. The molecule has 1 atom stereocenters. The molecule has 160 valence electrons. The summed E-state index contributed by atoms with van der Waals surface area (Å²) < 4.78 is 5.41. The summed E-state index contributed by atoms with van der Waals surface area (Å²) in [6.07, 6.45) is 0. The van der Waals surface area contributed by atoms with Crippen molar-refractivity contribution in [3.63, 3.8) is 0 Å². The molecule has 3 aromatic carbocycles. The van der Waals surface area contributed by atoms with Gasteiger partial charge in [0.25, 0.3) is 0 Å². The third-order valence-corrected chi connectivity index (χ3v) is 5.11. The van der Waals surface area contributed by atoms with Gasteiger partial charge in [0.15, 0.2) is 0 Å². The summed E-state index contributed by atoms with van der Waals surface area (Å²) in [4.78, 5) is 23.7. The van der Waals surface area contributed by atoms with Crippen LogP contribution in [0.2, 0.25) is 0 Å². The number of carboxylic acids is 1. The molecule has 6 nitrogen and oxygen atoms in total. The van der Waals surface area contributed by atoms with Gasteiger partial charge in [0, 0.05) is 7.05 Å². The second-order valence-corrected chi connectivity index (χ2v) is 7.07. The summed E-state index contributed by atoms with van der Waals surface area (Å²) >= 11 is 0. The van der Waals surface area contributed by atoms with Crippen LogP contribution in [-0.2, 0) is 19.9 Å². The SMILES string of the molecule is CNC(=O)COC[C@H](NC(c1ccccc1)(c1ccccc1)c1ccccc1)C(=O)O. The van der Waals surface area contributed by atoms with Gasteiger partial charge in [0.1, 0.15) is 12.6 Å². The third-order valence-electron chi connectivity index (χ3n) is 5.11. The maximum absolute atomic E-state index is 12.2. The van der Waals surface area contributed by atoms with Crippen LogP contribution in [-0.4, -0.2) is 43.3 Å². The number of rotatable bonds is 10. The van der Waals surface area contributed by atoms with E-state index in [0.29, 0.717) is 0 Å². The van der Waals surface area contributed by atoms with Crippen molar-refractivity contribution in [2.45, 2.75) is 11.6 Å². The molecule has 0 aliphatic heterocycles. The number of carboxylic acid groups (broad SMARTS) is 1. The van der Waals surface area contributed by atoms with Crippen molar-refractivity contribution < 1.29 is 19.4 Å². The summed E-state index contributed by atoms with van der Waals surface area (Å²) in [6.45, 7) is -0.381. The highest BCUT2D eigenvalue weighted by Crippen LogP contribution is 2.37. The molecule has 0 bridgehead atoms. The predicted molar refractivity (Wildman–Crippen MR) is 119 cm³/mol. The molecular weight excluding hydrogens is 392 g/mol. The quantitative estimate of drug-likeness (QED) is 0.441. The minimum atomic E-state index is -1.07. The van der Waals surface area contributed by atoms with Crippen molar-refractivity contribution in [2.75, 3.05) is 20.3 Å². The molecule has 0 saturated heterocycles. The molecule has 6 heteroatoms. The number of nitrogens with one attached hydrogen (secondary N) is 2. The summed E-state index contributed by atoms with van der Waals surface area (Å²) in [5, 5.41) is 15.8. The standard InChI is InChI=1S/C25H26N2O4/c1-26-23(28)18-31-17-22(24(29)30)27-25(19-11-5-2-6-12-19,20-13-7-3-8-14-20)21-15-9-4-10-16-21/h2-16,22,27H,17-18H2,1H3,(H,26,28)(H,29,30)/t22-/m0/s1. The third kappa shape index (κ3) is 5.17. The molecule has 3 rings (SSSR count). The van der Waals surface area contributed by atoms with E-state index < -0.39 is 17.6 Å². The van der Waals surface area contributed by atoms with Gasteiger partial charge in [0.05, 0.1) is 12.1 Å². The monoisotopic (exact) mass is 418 g/mol. The first-order valence-corrected chi connectivity index (χ1v) is 10.0. The molecule has 0 aromatic heterocycles. The van der Waals surface area contributed by atoms with Crippen molar-refractivity contribution in [1.82, 2.24) is 10.6 Å². The highest BCUT2D eigenvalue weighted by molar-refractivity contribution is 5.77. The van der Waals surface area contributed by atoms with E-state index in [9.17, 15) is 14.7 Å². The molecule has 0 unspecified atom stereocenters. The molecule has 0 saturated carbocycles. The predicted octanol–water partition coefficient (Wildman–Crippen LogP) is 2.78. The molecule has 3 N–H and O–H groups in total. The van der Waals surface area contributed by atoms with Crippen LogP contribution in [0.5, 0.6) is 0 Å². The molecular formula is C25H26N2O4. The van der Waals surface area contributed by atoms with Gasteiger partial charge in [-0.05, 0) is 16.7 Å². The second kappa shape index (κ2) is 10.5. The Hall–Kier alpha value is -3.48. The summed E-state index contributed by atoms with van der Waals surface area (Å²) in [5.74, 6) is -1.38. The number of hydrogen-bond donors (Lipinski definition) is 3. The van der Waals surface area contributed by atoms with Crippen LogP contribution >= 0.6 is 0 Å². The number of ether oxygens (including phenoxy) is 1. The van der Waals surface area contributed by atoms with Crippen LogP contribution in [0.15, 0.2) is 91.0 Å². The van der Waals surface area contributed by atoms with E-state index in [2.05, 4.69) is 10.6 Å². The maximum Gasteiger partial charge on any atom is 0.323 e. The Morgan fingerprint density at radius 3 is 1.61 bits per heavy atom. The number of likely N-dealkylation sites (N-methyl/N-ethyl adjacent to an activating group) is 1. The molecule has 0 fully saturated rings. The van der Waals surface area contributed by atoms with E-state index in [1.807, 2.05) is 91.0 Å². The Bertz CT molecular complexity index is 882. The van der Waals surface area contributed by atoms with E-state index in [1.54, 1.807) is 0 Å². The Labute approximate surface area is 181 Å². The van der Waals surface area contributed by atoms with Crippen molar-refractivity contribution in [3.8, 4) is 0 Å². The number of carbonyl (C=O) groups is 2. The van der Waals surface area contributed by atoms with Crippen molar-refractivity contribution in [2.24, 2.45) is 0 Å². The van der Waals surface area contributed by atoms with Crippen molar-refractivity contribution >= 4 is 11.9 Å². The lowest BCUT2D eigenvalue weighted by Crippen LogP contribution is -2.54. The highest BCUT2D eigenvalue weighted by atomic mass is 16.5. The highest BCUT2D eigenvalue weighted by Gasteiger charge is 2.39. The topological polar surface area (TPSA) is 87.7 Å². The molecule has 0 aliphatic carbocycles. The first-order valence-electron chi connectivity index (χ1n) is 10.0. The molecule has 0 spiro atoms. The van der Waals surface area contributed by atoms with Gasteiger partial charge in [-0.2, -0.15) is 0 Å². The Morgan fingerprint density at radius 2 is 1.26 bits per heavy atom. The molecule has 1 amide bonds. The van der Waals surface area contributed by atoms with Crippen LogP contribution in [0.3, 0.4) is 0 Å². The summed E-state index contributed by atoms with van der Waals surface area (Å²) in [6, 6.07) is 28.1. The Morgan fingerprint density at radius 1 is 0.839 bits per heavy atom. The molecule has 0 radical (unpaired) electrons. The van der Waals surface area contributed by atoms with Crippen molar-refractivity contribution in [1.29, 1.82) is 0 Å². The van der Waals surface area contributed by atoms with Gasteiger partial charge in [-0.3, -0.25) is 14.9 Å². The van der Waals surface area contributed by atoms with Crippen molar-refractivity contribution in [3.05, 3.63) is 108 Å². The molecule has 0 aliphatic rings. The number of hydrogen-bond acceptors (Lipinski definition) is 4. The molecule has 31 heavy (non-hydrogen) atoms. The zero-order valence-electron chi connectivity index (χ0n) is 17.3. The lowest BCUT2D eigenvalue weighted by molar-refractivity contribution is -0.142. The Balaban J connectivity index is 2.10. The first-order chi connectivity index (χ1) is 15.1. The zero-order chi connectivity index (χ0) is 22.1. The normalized spacial score (nSPS) is 12.2. The van der Waals surface area contributed by atoms with Gasteiger partial charge in [0.2, 0.25) is 5.91 Å². The summed E-state index contributed by atoms with van der Waals surface area (Å²) in [7, 11) is 1.50. The van der Waals surface area contributed by atoms with E-state index in [4.69, 9.17) is 4.74 Å². The fourth-order valence-corrected chi connectivity index (χ4v) is 3.59. The van der Waals surface area contributed by atoms with Crippen LogP contribution in [0.25, 0.3) is 0 Å². The van der Waals surface area contributed by atoms with E-state index in [-0.39, 0.29) is 19.1 Å². The van der Waals surface area contributed by atoms with Gasteiger partial charge in [-0.15, -0.1) is 0 Å². The van der Waals surface area contributed by atoms with Crippen LogP contribution in [0.4, 0.5) is 0 Å². The maximum atomic E-state index is 12.2. The van der Waals surface area contributed by atoms with Crippen LogP contribution in [0.1, 0.15) is 16.7 Å². The van der Waals surface area contributed by atoms with Crippen LogP contribution < -0.4 is 10.6 Å². The van der Waals surface area contributed by atoms with Gasteiger partial charge in [-0.25, -0.2) is 0 Å². The largest absolute Gasteiger partial charge is 0.480 e. The minimum Gasteiger partial charge on any atom is -0.480 e. The number of amides is 1. The van der Waals surface area contributed by atoms with Crippen LogP contribution in [0, 0.1) is 0 Å². The van der Waals surface area contributed by atoms with Gasteiger partial charge in [-0.1, -0.05) is 91.0 Å². The Kier molecular flexibility index (Phi) is 7.54. The average Bonchev–Trinajstić information content (AvgIpc) is 2.82. The smallest absolute Gasteiger partial charge is 0.323 e. The molecule has 3 aromatic rings. The first kappa shape index (κ1) is 22.2. The van der Waals surface area contributed by atoms with E-state index in [0.717, 1.165) is 16.7 Å². The van der Waals surface area contributed by atoms with E-state index in [1.165, 1.54) is 7.05 Å². The summed E-state index contributed by atoms with van der Waals surface area (Å²) in [5.41, 5.74) is 1.74. The fraction of sp³-hybridized carbons (Fsp3) is 0.200.